The molecule has 0 unspecified atom stereocenters. The first-order valence-corrected chi connectivity index (χ1v) is 21.2. The van der Waals surface area contributed by atoms with Gasteiger partial charge in [0, 0.05) is 16.9 Å². The third-order valence-corrected chi connectivity index (χ3v) is 12.7. The van der Waals surface area contributed by atoms with Crippen LogP contribution in [-0.2, 0) is 5.41 Å². The van der Waals surface area contributed by atoms with Crippen LogP contribution in [0.25, 0.3) is 55.3 Å². The zero-order valence-corrected chi connectivity index (χ0v) is 34.0. The van der Waals surface area contributed by atoms with E-state index in [9.17, 15) is 0 Å². The second-order valence-corrected chi connectivity index (χ2v) is 16.1. The standard InChI is InChI=1S/C60H43N/c1-42-19-18-31-55-58(42)54-40-38-50(41-56(54)60(55,47-25-10-4-11-26-47)48-27-12-5-13-28-48)61(57-32-17-16-29-51(57)43-20-6-2-7-21-43)49-36-33-45(34-37-49)53-39-35-44-22-14-15-30-52(44)59(53)46-23-8-3-9-24-46/h2-41H,1H3. The molecule has 11 rings (SSSR count). The van der Waals surface area contributed by atoms with E-state index in [-0.39, 0.29) is 0 Å². The van der Waals surface area contributed by atoms with Gasteiger partial charge >= 0.3 is 0 Å². The van der Waals surface area contributed by atoms with Crippen molar-refractivity contribution in [1.82, 2.24) is 0 Å². The minimum atomic E-state index is -0.520. The molecular weight excluding hydrogens is 735 g/mol. The molecule has 0 aromatic heterocycles. The van der Waals surface area contributed by atoms with Crippen LogP contribution in [0.15, 0.2) is 243 Å². The molecule has 0 heterocycles. The Kier molecular flexibility index (Phi) is 9.02. The van der Waals surface area contributed by atoms with Gasteiger partial charge in [-0.1, -0.05) is 212 Å². The molecule has 0 saturated carbocycles. The minimum Gasteiger partial charge on any atom is -0.310 e. The molecule has 0 atom stereocenters. The van der Waals surface area contributed by atoms with Crippen LogP contribution in [0.5, 0.6) is 0 Å². The molecule has 0 fully saturated rings. The molecule has 61 heavy (non-hydrogen) atoms. The van der Waals surface area contributed by atoms with Crippen LogP contribution >= 0.6 is 0 Å². The molecule has 0 spiro atoms. The third kappa shape index (κ3) is 6.01. The second kappa shape index (κ2) is 15.1. The van der Waals surface area contributed by atoms with Crippen molar-refractivity contribution in [3.05, 3.63) is 270 Å². The normalized spacial score (nSPS) is 12.5. The Morgan fingerprint density at radius 2 is 0.902 bits per heavy atom. The highest BCUT2D eigenvalue weighted by Gasteiger charge is 2.47. The summed E-state index contributed by atoms with van der Waals surface area (Å²) in [7, 11) is 0. The highest BCUT2D eigenvalue weighted by Crippen LogP contribution is 2.58. The Morgan fingerprint density at radius 1 is 0.344 bits per heavy atom. The van der Waals surface area contributed by atoms with E-state index in [0.29, 0.717) is 0 Å². The summed E-state index contributed by atoms with van der Waals surface area (Å²) < 4.78 is 0. The molecule has 1 aliphatic rings. The number of hydrogen-bond donors (Lipinski definition) is 0. The Hall–Kier alpha value is -7.74. The van der Waals surface area contributed by atoms with Gasteiger partial charge in [0.15, 0.2) is 0 Å². The van der Waals surface area contributed by atoms with Gasteiger partial charge in [-0.3, -0.25) is 0 Å². The van der Waals surface area contributed by atoms with E-state index < -0.39 is 5.41 Å². The van der Waals surface area contributed by atoms with Gasteiger partial charge in [0.25, 0.3) is 0 Å². The molecule has 10 aromatic carbocycles. The number of fused-ring (bicyclic) bond motifs is 4. The Labute approximate surface area is 358 Å². The number of nitrogens with zero attached hydrogens (tertiary/aromatic N) is 1. The molecule has 0 amide bonds. The number of benzene rings is 10. The van der Waals surface area contributed by atoms with Crippen molar-refractivity contribution in [2.24, 2.45) is 0 Å². The molecular formula is C60H43N. The SMILES string of the molecule is Cc1cccc2c1-c1ccc(N(c3ccc(-c4ccc5ccccc5c4-c4ccccc4)cc3)c3ccccc3-c3ccccc3)cc1C2(c1ccccc1)c1ccccc1. The van der Waals surface area contributed by atoms with Gasteiger partial charge < -0.3 is 4.90 Å². The lowest BCUT2D eigenvalue weighted by Gasteiger charge is -2.35. The lowest BCUT2D eigenvalue weighted by atomic mass is 9.67. The summed E-state index contributed by atoms with van der Waals surface area (Å²) in [6.07, 6.45) is 0. The Morgan fingerprint density at radius 3 is 1.61 bits per heavy atom. The van der Waals surface area contributed by atoms with Gasteiger partial charge in [-0.2, -0.15) is 0 Å². The quantitative estimate of drug-likeness (QED) is 0.149. The summed E-state index contributed by atoms with van der Waals surface area (Å²) in [6.45, 7) is 2.26. The van der Waals surface area contributed by atoms with Crippen LogP contribution in [-0.4, -0.2) is 0 Å². The molecule has 288 valence electrons. The van der Waals surface area contributed by atoms with Crippen molar-refractivity contribution in [3.63, 3.8) is 0 Å². The topological polar surface area (TPSA) is 3.24 Å². The summed E-state index contributed by atoms with van der Waals surface area (Å²) in [5.41, 5.74) is 19.0. The van der Waals surface area contributed by atoms with Gasteiger partial charge in [-0.05, 0) is 115 Å². The fourth-order valence-electron chi connectivity index (χ4n) is 10.0. The molecule has 0 bridgehead atoms. The summed E-state index contributed by atoms with van der Waals surface area (Å²) in [6, 6.07) is 89.0. The van der Waals surface area contributed by atoms with Gasteiger partial charge in [0.05, 0.1) is 11.1 Å². The fraction of sp³-hybridized carbons (Fsp3) is 0.0333. The van der Waals surface area contributed by atoms with Crippen LogP contribution in [0, 0.1) is 6.92 Å². The number of para-hydroxylation sites is 1. The first kappa shape index (κ1) is 36.3. The van der Waals surface area contributed by atoms with E-state index in [4.69, 9.17) is 0 Å². The summed E-state index contributed by atoms with van der Waals surface area (Å²) >= 11 is 0. The number of hydrogen-bond acceptors (Lipinski definition) is 1. The van der Waals surface area contributed by atoms with Gasteiger partial charge in [0.1, 0.15) is 0 Å². The van der Waals surface area contributed by atoms with Gasteiger partial charge in [-0.15, -0.1) is 0 Å². The van der Waals surface area contributed by atoms with Crippen molar-refractivity contribution < 1.29 is 0 Å². The van der Waals surface area contributed by atoms with E-state index in [1.54, 1.807) is 0 Å². The lowest BCUT2D eigenvalue weighted by molar-refractivity contribution is 0.768. The molecule has 0 radical (unpaired) electrons. The van der Waals surface area contributed by atoms with E-state index >= 15 is 0 Å². The summed E-state index contributed by atoms with van der Waals surface area (Å²) in [5, 5.41) is 2.49. The highest BCUT2D eigenvalue weighted by atomic mass is 15.1. The van der Waals surface area contributed by atoms with Crippen molar-refractivity contribution in [2.45, 2.75) is 12.3 Å². The van der Waals surface area contributed by atoms with E-state index in [2.05, 4.69) is 254 Å². The average molecular weight is 778 g/mol. The first-order chi connectivity index (χ1) is 30.2. The van der Waals surface area contributed by atoms with E-state index in [1.165, 1.54) is 83.1 Å². The van der Waals surface area contributed by atoms with Crippen LogP contribution in [0.3, 0.4) is 0 Å². The lowest BCUT2D eigenvalue weighted by Crippen LogP contribution is -2.28. The Bertz CT molecular complexity index is 3130. The van der Waals surface area contributed by atoms with Crippen LogP contribution < -0.4 is 4.90 Å². The van der Waals surface area contributed by atoms with E-state index in [0.717, 1.165) is 17.1 Å². The largest absolute Gasteiger partial charge is 0.310 e. The smallest absolute Gasteiger partial charge is 0.0714 e. The van der Waals surface area contributed by atoms with Crippen LogP contribution in [0.2, 0.25) is 0 Å². The Balaban J connectivity index is 1.15. The fourth-order valence-corrected chi connectivity index (χ4v) is 10.0. The zero-order valence-electron chi connectivity index (χ0n) is 34.0. The van der Waals surface area contributed by atoms with Crippen LogP contribution in [0.4, 0.5) is 17.1 Å². The molecule has 10 aromatic rings. The molecule has 1 aliphatic carbocycles. The maximum absolute atomic E-state index is 2.47. The number of aryl methyl sites for hydroxylation is 1. The third-order valence-electron chi connectivity index (χ3n) is 12.7. The van der Waals surface area contributed by atoms with Crippen LogP contribution in [0.1, 0.15) is 27.8 Å². The molecule has 0 saturated heterocycles. The van der Waals surface area contributed by atoms with Crippen molar-refractivity contribution in [3.8, 4) is 44.5 Å². The van der Waals surface area contributed by atoms with Crippen molar-refractivity contribution in [2.75, 3.05) is 4.90 Å². The highest BCUT2D eigenvalue weighted by molar-refractivity contribution is 6.04. The first-order valence-electron chi connectivity index (χ1n) is 21.2. The monoisotopic (exact) mass is 777 g/mol. The zero-order chi connectivity index (χ0) is 40.8. The number of rotatable bonds is 8. The predicted octanol–water partition coefficient (Wildman–Crippen LogP) is 16.0. The van der Waals surface area contributed by atoms with Crippen molar-refractivity contribution >= 4 is 27.8 Å². The van der Waals surface area contributed by atoms with E-state index in [1.807, 2.05) is 0 Å². The molecule has 1 nitrogen and oxygen atoms in total. The molecule has 1 heteroatoms. The van der Waals surface area contributed by atoms with Crippen molar-refractivity contribution in [1.29, 1.82) is 0 Å². The molecule has 0 N–H and O–H groups in total. The maximum atomic E-state index is 2.47. The van der Waals surface area contributed by atoms with Gasteiger partial charge in [0.2, 0.25) is 0 Å². The van der Waals surface area contributed by atoms with Gasteiger partial charge in [-0.25, -0.2) is 0 Å². The summed E-state index contributed by atoms with van der Waals surface area (Å²) in [4.78, 5) is 2.46. The predicted molar refractivity (Wildman–Crippen MR) is 257 cm³/mol. The average Bonchev–Trinajstić information content (AvgIpc) is 3.64. The second-order valence-electron chi connectivity index (χ2n) is 16.1. The maximum Gasteiger partial charge on any atom is 0.0714 e. The number of anilines is 3. The molecule has 0 aliphatic heterocycles. The summed E-state index contributed by atoms with van der Waals surface area (Å²) in [5.74, 6) is 0. The minimum absolute atomic E-state index is 0.520.